The number of nitrogens with zero attached hydrogens (tertiary/aromatic N) is 3. The summed E-state index contributed by atoms with van der Waals surface area (Å²) in [5, 5.41) is 19.8. The van der Waals surface area contributed by atoms with Gasteiger partial charge in [0.2, 0.25) is 5.91 Å². The topological polar surface area (TPSA) is 104 Å². The number of pyridine rings is 1. The van der Waals surface area contributed by atoms with E-state index in [1.165, 1.54) is 0 Å². The van der Waals surface area contributed by atoms with Crippen molar-refractivity contribution in [2.45, 2.75) is 18.6 Å². The summed E-state index contributed by atoms with van der Waals surface area (Å²) >= 11 is 1.07. The highest BCUT2D eigenvalue weighted by atomic mass is 32.2. The molecule has 1 amide bonds. The average Bonchev–Trinajstić information content (AvgIpc) is 2.89. The van der Waals surface area contributed by atoms with Crippen LogP contribution >= 0.6 is 11.8 Å². The van der Waals surface area contributed by atoms with Crippen LogP contribution in [0.4, 0.5) is 0 Å². The number of amides is 1. The van der Waals surface area contributed by atoms with Gasteiger partial charge in [-0.05, 0) is 18.6 Å². The average molecular weight is 342 g/mol. The predicted molar refractivity (Wildman–Crippen MR) is 93.3 cm³/mol. The number of fused-ring (bicyclic) bond motifs is 1. The van der Waals surface area contributed by atoms with E-state index in [4.69, 9.17) is 5.11 Å². The molecule has 0 bridgehead atoms. The Bertz CT molecular complexity index is 879. The van der Waals surface area contributed by atoms with Gasteiger partial charge in [0.15, 0.2) is 5.17 Å². The van der Waals surface area contributed by atoms with E-state index in [1.807, 2.05) is 31.2 Å². The maximum Gasteiger partial charge on any atom is 0.305 e. The van der Waals surface area contributed by atoms with E-state index in [-0.39, 0.29) is 12.3 Å². The van der Waals surface area contributed by atoms with Crippen molar-refractivity contribution in [1.82, 2.24) is 10.3 Å². The van der Waals surface area contributed by atoms with Gasteiger partial charge in [-0.15, -0.1) is 5.10 Å². The molecule has 1 unspecified atom stereocenters. The van der Waals surface area contributed by atoms with Crippen LogP contribution in [0.3, 0.4) is 0 Å². The molecule has 1 saturated heterocycles. The Balaban J connectivity index is 1.79. The van der Waals surface area contributed by atoms with Crippen LogP contribution < -0.4 is 5.32 Å². The number of aryl methyl sites for hydroxylation is 1. The lowest BCUT2D eigenvalue weighted by Crippen LogP contribution is -2.26. The third-order valence-corrected chi connectivity index (χ3v) is 4.56. The van der Waals surface area contributed by atoms with Crippen molar-refractivity contribution < 1.29 is 14.7 Å². The van der Waals surface area contributed by atoms with Crippen molar-refractivity contribution >= 4 is 45.9 Å². The van der Waals surface area contributed by atoms with Crippen molar-refractivity contribution in [2.75, 3.05) is 0 Å². The van der Waals surface area contributed by atoms with Gasteiger partial charge in [-0.1, -0.05) is 30.0 Å². The molecular formula is C16H14N4O3S. The first-order chi connectivity index (χ1) is 11.5. The number of carbonyl (C=O) groups excluding carboxylic acids is 1. The van der Waals surface area contributed by atoms with E-state index in [9.17, 15) is 9.59 Å². The van der Waals surface area contributed by atoms with Gasteiger partial charge >= 0.3 is 5.97 Å². The van der Waals surface area contributed by atoms with Gasteiger partial charge in [-0.3, -0.25) is 14.6 Å². The minimum atomic E-state index is -1.02. The second-order valence-electron chi connectivity index (χ2n) is 5.21. The summed E-state index contributed by atoms with van der Waals surface area (Å²) in [7, 11) is 0. The zero-order chi connectivity index (χ0) is 17.1. The van der Waals surface area contributed by atoms with Gasteiger partial charge in [-0.25, -0.2) is 0 Å². The number of aliphatic carboxylic acids is 1. The van der Waals surface area contributed by atoms with Crippen LogP contribution in [0, 0.1) is 6.92 Å². The number of amidine groups is 1. The Labute approximate surface area is 141 Å². The summed E-state index contributed by atoms with van der Waals surface area (Å²) in [4.78, 5) is 26.7. The Morgan fingerprint density at radius 3 is 3.08 bits per heavy atom. The molecule has 1 aliphatic heterocycles. The molecule has 0 aliphatic carbocycles. The fourth-order valence-electron chi connectivity index (χ4n) is 2.34. The van der Waals surface area contributed by atoms with E-state index < -0.39 is 11.2 Å². The summed E-state index contributed by atoms with van der Waals surface area (Å²) in [5.41, 5.74) is 2.84. The minimum Gasteiger partial charge on any atom is -0.481 e. The highest BCUT2D eigenvalue weighted by molar-refractivity contribution is 8.15. The van der Waals surface area contributed by atoms with Crippen molar-refractivity contribution in [3.05, 3.63) is 41.6 Å². The first-order valence-electron chi connectivity index (χ1n) is 7.19. The molecule has 2 N–H and O–H groups in total. The lowest BCUT2D eigenvalue weighted by molar-refractivity contribution is -0.138. The zero-order valence-electron chi connectivity index (χ0n) is 12.8. The van der Waals surface area contributed by atoms with Crippen LogP contribution in [0.2, 0.25) is 0 Å². The summed E-state index contributed by atoms with van der Waals surface area (Å²) in [6.45, 7) is 1.99. The highest BCUT2D eigenvalue weighted by Crippen LogP contribution is 2.22. The minimum absolute atomic E-state index is 0.243. The van der Waals surface area contributed by atoms with Gasteiger partial charge in [0.25, 0.3) is 0 Å². The van der Waals surface area contributed by atoms with Gasteiger partial charge < -0.3 is 10.4 Å². The lowest BCUT2D eigenvalue weighted by Gasteiger charge is -2.03. The van der Waals surface area contributed by atoms with E-state index in [1.54, 1.807) is 12.4 Å². The van der Waals surface area contributed by atoms with Crippen LogP contribution in [-0.4, -0.2) is 38.6 Å². The highest BCUT2D eigenvalue weighted by Gasteiger charge is 2.32. The molecule has 8 heteroatoms. The number of benzene rings is 1. The Kier molecular flexibility index (Phi) is 4.57. The van der Waals surface area contributed by atoms with Gasteiger partial charge in [0.05, 0.1) is 18.2 Å². The van der Waals surface area contributed by atoms with Gasteiger partial charge in [-0.2, -0.15) is 5.10 Å². The molecule has 122 valence electrons. The molecule has 1 fully saturated rings. The first-order valence-corrected chi connectivity index (χ1v) is 8.07. The van der Waals surface area contributed by atoms with Crippen molar-refractivity contribution in [3.8, 4) is 0 Å². The summed E-state index contributed by atoms with van der Waals surface area (Å²) in [6.07, 6.45) is 3.09. The maximum atomic E-state index is 11.6. The van der Waals surface area contributed by atoms with E-state index in [0.717, 1.165) is 33.8 Å². The zero-order valence-corrected chi connectivity index (χ0v) is 13.6. The van der Waals surface area contributed by atoms with Crippen LogP contribution in [0.5, 0.6) is 0 Å². The Morgan fingerprint density at radius 1 is 1.46 bits per heavy atom. The van der Waals surface area contributed by atoms with Crippen molar-refractivity contribution in [3.63, 3.8) is 0 Å². The molecule has 24 heavy (non-hydrogen) atoms. The number of aromatic nitrogens is 1. The van der Waals surface area contributed by atoms with Crippen molar-refractivity contribution in [2.24, 2.45) is 10.2 Å². The molecule has 2 aromatic rings. The van der Waals surface area contributed by atoms with Gasteiger partial charge in [0, 0.05) is 17.1 Å². The molecule has 0 spiro atoms. The third kappa shape index (κ3) is 3.43. The van der Waals surface area contributed by atoms with Gasteiger partial charge in [0.1, 0.15) is 5.25 Å². The fraction of sp³-hybridized carbons (Fsp3) is 0.188. The van der Waals surface area contributed by atoms with Crippen LogP contribution in [0.25, 0.3) is 10.9 Å². The Hall–Kier alpha value is -2.74. The summed E-state index contributed by atoms with van der Waals surface area (Å²) in [5.74, 6) is -1.38. The molecule has 0 radical (unpaired) electrons. The molecule has 2 heterocycles. The number of carbonyl (C=O) groups is 2. The SMILES string of the molecule is Cc1ccc(C=NN=C2NC(=O)C(CC(=O)O)S2)c2cccnc12. The largest absolute Gasteiger partial charge is 0.481 e. The maximum absolute atomic E-state index is 11.6. The van der Waals surface area contributed by atoms with E-state index in [0.29, 0.717) is 5.17 Å². The number of rotatable bonds is 4. The van der Waals surface area contributed by atoms with Crippen molar-refractivity contribution in [1.29, 1.82) is 0 Å². The van der Waals surface area contributed by atoms with E-state index in [2.05, 4.69) is 20.5 Å². The molecule has 0 saturated carbocycles. The molecule has 1 aromatic carbocycles. The Morgan fingerprint density at radius 2 is 2.29 bits per heavy atom. The number of hydrogen-bond acceptors (Lipinski definition) is 6. The monoisotopic (exact) mass is 342 g/mol. The number of thioether (sulfide) groups is 1. The second kappa shape index (κ2) is 6.79. The summed E-state index contributed by atoms with van der Waals surface area (Å²) < 4.78 is 0. The van der Waals surface area contributed by atoms with E-state index >= 15 is 0 Å². The van der Waals surface area contributed by atoms with Crippen LogP contribution in [0.1, 0.15) is 17.5 Å². The molecular weight excluding hydrogens is 328 g/mol. The fourth-order valence-corrected chi connectivity index (χ4v) is 3.25. The molecule has 1 aliphatic rings. The standard InChI is InChI=1S/C16H14N4O3S/c1-9-4-5-10(11-3-2-6-17-14(9)11)8-18-20-16-19-15(23)12(24-16)7-13(21)22/h2-6,8,12H,7H2,1H3,(H,21,22)(H,19,20,23). The molecule has 7 nitrogen and oxygen atoms in total. The molecule has 3 rings (SSSR count). The number of nitrogens with one attached hydrogen (secondary N) is 1. The third-order valence-electron chi connectivity index (χ3n) is 3.49. The van der Waals surface area contributed by atoms with Crippen LogP contribution in [0.15, 0.2) is 40.7 Å². The summed E-state index contributed by atoms with van der Waals surface area (Å²) in [6, 6.07) is 7.70. The second-order valence-corrected chi connectivity index (χ2v) is 6.41. The quantitative estimate of drug-likeness (QED) is 0.653. The molecule has 1 atom stereocenters. The number of carboxylic acid groups (broad SMARTS) is 1. The molecule has 1 aromatic heterocycles. The number of carboxylic acids is 1. The predicted octanol–water partition coefficient (Wildman–Crippen LogP) is 1.94. The normalized spacial score (nSPS) is 19.3. The van der Waals surface area contributed by atoms with Crippen LogP contribution in [-0.2, 0) is 9.59 Å². The number of hydrogen-bond donors (Lipinski definition) is 2. The smallest absolute Gasteiger partial charge is 0.305 e. The first kappa shape index (κ1) is 16.1. The lowest BCUT2D eigenvalue weighted by atomic mass is 10.1.